The van der Waals surface area contributed by atoms with E-state index in [1.807, 2.05) is 0 Å². The van der Waals surface area contributed by atoms with Gasteiger partial charge >= 0.3 is 5.97 Å². The van der Waals surface area contributed by atoms with Crippen LogP contribution in [0.3, 0.4) is 0 Å². The summed E-state index contributed by atoms with van der Waals surface area (Å²) in [6.45, 7) is 0. The lowest BCUT2D eigenvalue weighted by molar-refractivity contribution is -0.121. The maximum atomic E-state index is 12.7. The minimum atomic E-state index is -4.13. The normalized spacial score (nSPS) is 14.2. The summed E-state index contributed by atoms with van der Waals surface area (Å²) in [5, 5.41) is 0. The van der Waals surface area contributed by atoms with E-state index >= 15 is 0 Å². The summed E-state index contributed by atoms with van der Waals surface area (Å²) in [5.74, 6) is -1.84. The molecule has 1 saturated heterocycles. The van der Waals surface area contributed by atoms with Gasteiger partial charge in [-0.2, -0.15) is 0 Å². The number of methoxy groups -OCH3 is 1. The molecular weight excluding hydrogens is 400 g/mol. The van der Waals surface area contributed by atoms with Gasteiger partial charge in [-0.15, -0.1) is 0 Å². The number of imide groups is 1. The minimum absolute atomic E-state index is 0.0276. The van der Waals surface area contributed by atoms with Gasteiger partial charge in [-0.05, 0) is 31.3 Å². The van der Waals surface area contributed by atoms with Crippen LogP contribution in [0.25, 0.3) is 0 Å². The number of sulfonamides is 1. The van der Waals surface area contributed by atoms with Crippen LogP contribution in [-0.2, 0) is 24.3 Å². The van der Waals surface area contributed by atoms with Gasteiger partial charge in [0.05, 0.1) is 18.4 Å². The summed E-state index contributed by atoms with van der Waals surface area (Å²) in [6.07, 6.45) is -0.0552. The molecule has 1 aliphatic rings. The average molecular weight is 418 g/mol. The monoisotopic (exact) mass is 418 g/mol. The first-order valence-corrected chi connectivity index (χ1v) is 10.1. The van der Waals surface area contributed by atoms with E-state index in [1.54, 1.807) is 30.3 Å². The van der Waals surface area contributed by atoms with Crippen LogP contribution in [-0.4, -0.2) is 40.4 Å². The van der Waals surface area contributed by atoms with Gasteiger partial charge in [0.15, 0.2) is 5.75 Å². The molecule has 0 aliphatic carbocycles. The molecule has 1 N–H and O–H groups in total. The van der Waals surface area contributed by atoms with Gasteiger partial charge in [0, 0.05) is 12.8 Å². The predicted molar refractivity (Wildman–Crippen MR) is 102 cm³/mol. The lowest BCUT2D eigenvalue weighted by Gasteiger charge is -2.22. The third-order valence-electron chi connectivity index (χ3n) is 4.27. The average Bonchev–Trinajstić information content (AvgIpc) is 3.06. The summed E-state index contributed by atoms with van der Waals surface area (Å²) in [4.78, 5) is 37.2. The second-order valence-corrected chi connectivity index (χ2v) is 7.91. The Labute approximate surface area is 167 Å². The van der Waals surface area contributed by atoms with E-state index in [4.69, 9.17) is 4.74 Å². The number of nitrogens with zero attached hydrogens (tertiary/aromatic N) is 1. The standard InChI is InChI=1S/C19H18N2O7S/c1-20-29(25,26)15-11-12(19(24)27-2)10-14(21-16(22)8-9-17(21)23)18(15)28-13-6-4-3-5-7-13/h3-7,10-11,20H,8-9H2,1-2H3. The number of nitrogens with one attached hydrogen (secondary N) is 1. The van der Waals surface area contributed by atoms with Crippen molar-refractivity contribution in [3.63, 3.8) is 0 Å². The first-order valence-electron chi connectivity index (χ1n) is 8.57. The van der Waals surface area contributed by atoms with Gasteiger partial charge in [-0.3, -0.25) is 9.59 Å². The molecule has 0 aromatic heterocycles. The number of anilines is 1. The topological polar surface area (TPSA) is 119 Å². The summed E-state index contributed by atoms with van der Waals surface area (Å²) >= 11 is 0. The summed E-state index contributed by atoms with van der Waals surface area (Å²) in [5.41, 5.74) is -0.290. The predicted octanol–water partition coefficient (Wildman–Crippen LogP) is 1.83. The quantitative estimate of drug-likeness (QED) is 0.561. The molecule has 0 radical (unpaired) electrons. The van der Waals surface area contributed by atoms with Gasteiger partial charge in [-0.25, -0.2) is 22.8 Å². The molecule has 3 rings (SSSR count). The molecule has 1 aliphatic heterocycles. The first-order chi connectivity index (χ1) is 13.8. The highest BCUT2D eigenvalue weighted by Crippen LogP contribution is 2.41. The molecule has 0 unspecified atom stereocenters. The van der Waals surface area contributed by atoms with Gasteiger partial charge < -0.3 is 9.47 Å². The van der Waals surface area contributed by atoms with E-state index in [-0.39, 0.29) is 35.6 Å². The molecule has 0 atom stereocenters. The highest BCUT2D eigenvalue weighted by atomic mass is 32.2. The van der Waals surface area contributed by atoms with Crippen molar-refractivity contribution in [1.29, 1.82) is 0 Å². The number of carbonyl (C=O) groups excluding carboxylic acids is 3. The van der Waals surface area contributed by atoms with E-state index in [0.29, 0.717) is 0 Å². The van der Waals surface area contributed by atoms with Crippen LogP contribution < -0.4 is 14.4 Å². The van der Waals surface area contributed by atoms with Crippen molar-refractivity contribution >= 4 is 33.5 Å². The molecule has 10 heteroatoms. The Hall–Kier alpha value is -3.24. The molecule has 2 aromatic rings. The number of carbonyl (C=O) groups is 3. The summed E-state index contributed by atoms with van der Waals surface area (Å²) < 4.78 is 38.0. The number of esters is 1. The Balaban J connectivity index is 2.33. The van der Waals surface area contributed by atoms with Crippen molar-refractivity contribution in [1.82, 2.24) is 4.72 Å². The van der Waals surface area contributed by atoms with Crippen LogP contribution in [0, 0.1) is 0 Å². The molecule has 0 saturated carbocycles. The fourth-order valence-electron chi connectivity index (χ4n) is 2.85. The van der Waals surface area contributed by atoms with E-state index < -0.39 is 32.7 Å². The van der Waals surface area contributed by atoms with E-state index in [2.05, 4.69) is 9.46 Å². The number of hydrogen-bond donors (Lipinski definition) is 1. The second-order valence-electron chi connectivity index (χ2n) is 6.06. The van der Waals surface area contributed by atoms with Crippen LogP contribution in [0.4, 0.5) is 5.69 Å². The van der Waals surface area contributed by atoms with Crippen molar-refractivity contribution in [2.75, 3.05) is 19.1 Å². The van der Waals surface area contributed by atoms with E-state index in [0.717, 1.165) is 18.1 Å². The van der Waals surface area contributed by atoms with Crippen LogP contribution in [0.1, 0.15) is 23.2 Å². The minimum Gasteiger partial charge on any atom is -0.465 e. The number of benzene rings is 2. The van der Waals surface area contributed by atoms with Crippen molar-refractivity contribution in [2.45, 2.75) is 17.7 Å². The molecule has 2 aromatic carbocycles. The molecule has 29 heavy (non-hydrogen) atoms. The Bertz CT molecular complexity index is 1070. The van der Waals surface area contributed by atoms with Crippen LogP contribution in [0.2, 0.25) is 0 Å². The largest absolute Gasteiger partial charge is 0.465 e. The maximum Gasteiger partial charge on any atom is 0.337 e. The van der Waals surface area contributed by atoms with Crippen molar-refractivity contribution in [3.05, 3.63) is 48.0 Å². The third-order valence-corrected chi connectivity index (χ3v) is 5.69. The molecular formula is C19H18N2O7S. The second kappa shape index (κ2) is 8.02. The Morgan fingerprint density at radius 2 is 1.69 bits per heavy atom. The first kappa shape index (κ1) is 20.5. The van der Waals surface area contributed by atoms with Gasteiger partial charge in [0.1, 0.15) is 10.6 Å². The zero-order valence-electron chi connectivity index (χ0n) is 15.7. The van der Waals surface area contributed by atoms with E-state index in [1.165, 1.54) is 13.1 Å². The summed E-state index contributed by atoms with van der Waals surface area (Å²) in [6, 6.07) is 10.5. The highest BCUT2D eigenvalue weighted by Gasteiger charge is 2.36. The molecule has 0 spiro atoms. The fraction of sp³-hybridized carbons (Fsp3) is 0.211. The molecule has 152 valence electrons. The number of para-hydroxylation sites is 1. The van der Waals surface area contributed by atoms with Crippen LogP contribution in [0.5, 0.6) is 11.5 Å². The Morgan fingerprint density at radius 3 is 2.24 bits per heavy atom. The van der Waals surface area contributed by atoms with Crippen molar-refractivity contribution in [2.24, 2.45) is 0 Å². The highest BCUT2D eigenvalue weighted by molar-refractivity contribution is 7.89. The zero-order valence-corrected chi connectivity index (χ0v) is 16.5. The fourth-order valence-corrected chi connectivity index (χ4v) is 3.75. The molecule has 1 heterocycles. The number of ether oxygens (including phenoxy) is 2. The van der Waals surface area contributed by atoms with Gasteiger partial charge in [0.2, 0.25) is 21.8 Å². The lowest BCUT2D eigenvalue weighted by Crippen LogP contribution is -2.30. The zero-order chi connectivity index (χ0) is 21.2. The molecule has 0 bridgehead atoms. The molecule has 1 fully saturated rings. The molecule has 2 amide bonds. The Morgan fingerprint density at radius 1 is 1.07 bits per heavy atom. The van der Waals surface area contributed by atoms with E-state index in [9.17, 15) is 22.8 Å². The number of rotatable bonds is 6. The van der Waals surface area contributed by atoms with Gasteiger partial charge in [-0.1, -0.05) is 18.2 Å². The SMILES string of the molecule is CNS(=O)(=O)c1cc(C(=O)OC)cc(N2C(=O)CCC2=O)c1Oc1ccccc1. The number of hydrogen-bond acceptors (Lipinski definition) is 7. The van der Waals surface area contributed by atoms with Crippen LogP contribution >= 0.6 is 0 Å². The third kappa shape index (κ3) is 3.98. The Kier molecular flexibility index (Phi) is 5.66. The molecule has 9 nitrogen and oxygen atoms in total. The smallest absolute Gasteiger partial charge is 0.337 e. The van der Waals surface area contributed by atoms with Crippen molar-refractivity contribution in [3.8, 4) is 11.5 Å². The number of amides is 2. The van der Waals surface area contributed by atoms with Crippen LogP contribution in [0.15, 0.2) is 47.4 Å². The lowest BCUT2D eigenvalue weighted by atomic mass is 10.1. The summed E-state index contributed by atoms with van der Waals surface area (Å²) in [7, 11) is -1.81. The van der Waals surface area contributed by atoms with Crippen molar-refractivity contribution < 1.29 is 32.3 Å². The maximum absolute atomic E-state index is 12.7. The van der Waals surface area contributed by atoms with Gasteiger partial charge in [0.25, 0.3) is 0 Å².